The molecule has 11 heavy (non-hydrogen) atoms. The van der Waals surface area contributed by atoms with Gasteiger partial charge in [0.1, 0.15) is 5.44 Å². The van der Waals surface area contributed by atoms with Crippen LogP contribution in [0.5, 0.6) is 0 Å². The van der Waals surface area contributed by atoms with Gasteiger partial charge in [0, 0.05) is 0 Å². The van der Waals surface area contributed by atoms with E-state index in [0.717, 1.165) is 0 Å². The molecule has 3 unspecified atom stereocenters. The fraction of sp³-hybridized carbons (Fsp3) is 1.00. The molecule has 0 saturated heterocycles. The molecule has 0 fully saturated rings. The Morgan fingerprint density at radius 1 is 1.45 bits per heavy atom. The molecule has 0 N–H and O–H groups in total. The molecule has 0 bridgehead atoms. The predicted octanol–water partition coefficient (Wildman–Crippen LogP) is 1.65. The summed E-state index contributed by atoms with van der Waals surface area (Å²) in [6.45, 7) is 6.03. The van der Waals surface area contributed by atoms with Crippen molar-refractivity contribution in [2.75, 3.05) is 12.9 Å². The fourth-order valence-electron chi connectivity index (χ4n) is 0.647. The molecular weight excluding hydrogens is 178 g/mol. The van der Waals surface area contributed by atoms with Crippen molar-refractivity contribution in [3.63, 3.8) is 0 Å². The maximum atomic E-state index is 5.47. The largest absolute Gasteiger partial charge is 0.341 e. The number of ether oxygens (including phenoxy) is 1. The predicted molar refractivity (Wildman–Crippen MR) is 56.0 cm³/mol. The highest BCUT2D eigenvalue weighted by molar-refractivity contribution is 7.99. The molecule has 0 spiro atoms. The minimum absolute atomic E-state index is 0.0708. The van der Waals surface area contributed by atoms with Gasteiger partial charge in [-0.25, -0.2) is 0 Å². The number of thioether (sulfide) groups is 1. The van der Waals surface area contributed by atoms with Gasteiger partial charge in [0.05, 0.1) is 0 Å². The van der Waals surface area contributed by atoms with Gasteiger partial charge < -0.3 is 9.26 Å². The Labute approximate surface area is 75.6 Å². The standard InChI is InChI=1S/C6H16BO2PS/c1-5(9-10(3)7)8-6(2)11-4/h5-6H,7H2,1-4H3. The van der Waals surface area contributed by atoms with Crippen LogP contribution in [0.3, 0.4) is 0 Å². The zero-order valence-corrected chi connectivity index (χ0v) is 9.54. The van der Waals surface area contributed by atoms with E-state index in [1.165, 1.54) is 0 Å². The van der Waals surface area contributed by atoms with Crippen molar-refractivity contribution in [2.24, 2.45) is 0 Å². The Kier molecular flexibility index (Phi) is 6.74. The molecule has 0 aromatic carbocycles. The zero-order valence-electron chi connectivity index (χ0n) is 7.83. The third-order valence-corrected chi connectivity index (χ3v) is 2.57. The zero-order chi connectivity index (χ0) is 8.85. The summed E-state index contributed by atoms with van der Waals surface area (Å²) in [6, 6.07) is 0. The smallest absolute Gasteiger partial charge is 0.168 e. The number of rotatable bonds is 5. The molecule has 0 amide bonds. The molecule has 0 aliphatic heterocycles. The number of hydrogen-bond acceptors (Lipinski definition) is 3. The van der Waals surface area contributed by atoms with Crippen molar-refractivity contribution < 1.29 is 9.26 Å². The van der Waals surface area contributed by atoms with Crippen molar-refractivity contribution in [3.05, 3.63) is 0 Å². The molecule has 0 aromatic heterocycles. The lowest BCUT2D eigenvalue weighted by Crippen LogP contribution is -2.15. The van der Waals surface area contributed by atoms with Crippen LogP contribution in [0.2, 0.25) is 0 Å². The van der Waals surface area contributed by atoms with Gasteiger partial charge in [0.15, 0.2) is 13.9 Å². The first kappa shape index (κ1) is 11.8. The summed E-state index contributed by atoms with van der Waals surface area (Å²) in [4.78, 5) is 0. The second kappa shape index (κ2) is 6.30. The lowest BCUT2D eigenvalue weighted by Gasteiger charge is -2.19. The van der Waals surface area contributed by atoms with Crippen LogP contribution < -0.4 is 0 Å². The minimum Gasteiger partial charge on any atom is -0.341 e. The second-order valence-corrected chi connectivity index (χ2v) is 5.40. The average Bonchev–Trinajstić information content (AvgIpc) is 1.85. The third kappa shape index (κ3) is 7.14. The van der Waals surface area contributed by atoms with Crippen molar-refractivity contribution in [3.8, 4) is 0 Å². The summed E-state index contributed by atoms with van der Waals surface area (Å²) >= 11 is 1.69. The van der Waals surface area contributed by atoms with Crippen molar-refractivity contribution in [1.29, 1.82) is 0 Å². The highest BCUT2D eigenvalue weighted by Crippen LogP contribution is 2.28. The van der Waals surface area contributed by atoms with Crippen LogP contribution in [0.4, 0.5) is 0 Å². The van der Waals surface area contributed by atoms with E-state index in [1.807, 2.05) is 20.1 Å². The van der Waals surface area contributed by atoms with Crippen LogP contribution >= 0.6 is 19.8 Å². The fourth-order valence-corrected chi connectivity index (χ4v) is 1.56. The lowest BCUT2D eigenvalue weighted by molar-refractivity contribution is -0.0655. The van der Waals surface area contributed by atoms with Gasteiger partial charge in [-0.1, -0.05) is 0 Å². The molecule has 5 heteroatoms. The van der Waals surface area contributed by atoms with Crippen LogP contribution in [-0.4, -0.2) is 32.2 Å². The molecule has 0 heterocycles. The Morgan fingerprint density at radius 3 is 2.36 bits per heavy atom. The van der Waals surface area contributed by atoms with Gasteiger partial charge in [-0.3, -0.25) is 0 Å². The molecular formula is C6H16BO2PS. The number of hydrogen-bond donors (Lipinski definition) is 0. The van der Waals surface area contributed by atoms with Crippen LogP contribution in [0.25, 0.3) is 0 Å². The van der Waals surface area contributed by atoms with E-state index in [1.54, 1.807) is 11.8 Å². The molecule has 2 nitrogen and oxygen atoms in total. The van der Waals surface area contributed by atoms with Gasteiger partial charge in [-0.2, -0.15) is 0 Å². The van der Waals surface area contributed by atoms with Crippen LogP contribution in [0.1, 0.15) is 13.8 Å². The molecule has 3 atom stereocenters. The van der Waals surface area contributed by atoms with Crippen LogP contribution in [0, 0.1) is 0 Å². The van der Waals surface area contributed by atoms with Gasteiger partial charge in [0.25, 0.3) is 0 Å². The SMILES string of the molecule is BP(C)OC(C)OC(C)SC. The van der Waals surface area contributed by atoms with E-state index in [4.69, 9.17) is 9.26 Å². The Bertz CT molecular complexity index is 105. The van der Waals surface area contributed by atoms with Crippen LogP contribution in [0.15, 0.2) is 0 Å². The van der Waals surface area contributed by atoms with Gasteiger partial charge in [0.2, 0.25) is 0 Å². The Balaban J connectivity index is 3.43. The second-order valence-electron chi connectivity index (χ2n) is 2.42. The topological polar surface area (TPSA) is 18.5 Å². The molecule has 0 rings (SSSR count). The van der Waals surface area contributed by atoms with E-state index >= 15 is 0 Å². The summed E-state index contributed by atoms with van der Waals surface area (Å²) in [7, 11) is 1.76. The van der Waals surface area contributed by atoms with Crippen molar-refractivity contribution >= 4 is 27.4 Å². The summed E-state index contributed by atoms with van der Waals surface area (Å²) in [5.41, 5.74) is 0.222. The highest BCUT2D eigenvalue weighted by Gasteiger charge is 2.08. The third-order valence-electron chi connectivity index (χ3n) is 1.07. The average molecular weight is 194 g/mol. The molecule has 66 valence electrons. The summed E-state index contributed by atoms with van der Waals surface area (Å²) < 4.78 is 10.9. The van der Waals surface area contributed by atoms with E-state index in [0.29, 0.717) is 0 Å². The normalized spacial score (nSPS) is 19.3. The maximum absolute atomic E-state index is 5.47. The first-order chi connectivity index (χ1) is 5.06. The maximum Gasteiger partial charge on any atom is 0.168 e. The van der Waals surface area contributed by atoms with Crippen LogP contribution in [-0.2, 0) is 9.26 Å². The summed E-state index contributed by atoms with van der Waals surface area (Å²) in [5, 5.41) is 0. The Morgan fingerprint density at radius 2 is 2.00 bits per heavy atom. The van der Waals surface area contributed by atoms with Gasteiger partial charge >= 0.3 is 0 Å². The van der Waals surface area contributed by atoms with E-state index in [-0.39, 0.29) is 19.8 Å². The molecule has 0 radical (unpaired) electrons. The molecule has 0 saturated carbocycles. The highest BCUT2D eigenvalue weighted by atomic mass is 32.2. The quantitative estimate of drug-likeness (QED) is 0.376. The van der Waals surface area contributed by atoms with Crippen molar-refractivity contribution in [1.82, 2.24) is 0 Å². The monoisotopic (exact) mass is 194 g/mol. The summed E-state index contributed by atoms with van der Waals surface area (Å²) in [5.74, 6) is 0. The van der Waals surface area contributed by atoms with Gasteiger partial charge in [-0.05, 0) is 34.8 Å². The van der Waals surface area contributed by atoms with E-state index in [2.05, 4.69) is 14.2 Å². The molecule has 0 aliphatic carbocycles. The Hall–Kier alpha value is 0.765. The molecule has 0 aromatic rings. The van der Waals surface area contributed by atoms with Crippen molar-refractivity contribution in [2.45, 2.75) is 25.6 Å². The van der Waals surface area contributed by atoms with Gasteiger partial charge in [-0.15, -0.1) is 11.8 Å². The van der Waals surface area contributed by atoms with E-state index in [9.17, 15) is 0 Å². The summed E-state index contributed by atoms with van der Waals surface area (Å²) in [6.07, 6.45) is 1.96. The first-order valence-corrected chi connectivity index (χ1v) is 7.02. The van der Waals surface area contributed by atoms with E-state index < -0.39 is 0 Å². The lowest BCUT2D eigenvalue weighted by atomic mass is 10.7. The first-order valence-electron chi connectivity index (χ1n) is 3.58. The molecule has 0 aliphatic rings. The minimum atomic E-state index is -0.310.